The number of carbonyl (C=O) groups excluding carboxylic acids is 6. The molecule has 15 unspecified atom stereocenters. The van der Waals surface area contributed by atoms with Crippen LogP contribution in [0, 0.1) is 5.41 Å². The normalized spacial score (nSPS) is 26.7. The zero-order valence-electron chi connectivity index (χ0n) is 56.2. The van der Waals surface area contributed by atoms with E-state index in [0.29, 0.717) is 109 Å². The van der Waals surface area contributed by atoms with E-state index in [1.165, 1.54) is 7.11 Å². The van der Waals surface area contributed by atoms with Gasteiger partial charge in [0.25, 0.3) is 0 Å². The summed E-state index contributed by atoms with van der Waals surface area (Å²) in [6, 6.07) is 0. The van der Waals surface area contributed by atoms with Gasteiger partial charge in [-0.15, -0.1) is 0 Å². The number of nitrogens with one attached hydrogen (secondary N) is 2. The molecule has 572 valence electrons. The average molecular weight is 1460 g/mol. The number of rotatable bonds is 57. The molecule has 35 nitrogen and oxygen atoms in total. The van der Waals surface area contributed by atoms with Gasteiger partial charge in [-0.25, -0.2) is 9.13 Å². The second-order valence-corrected chi connectivity index (χ2v) is 27.6. The lowest BCUT2D eigenvalue weighted by molar-refractivity contribution is -0.302. The van der Waals surface area contributed by atoms with Crippen molar-refractivity contribution in [1.29, 1.82) is 0 Å². The van der Waals surface area contributed by atoms with E-state index < -0.39 is 126 Å². The number of Topliss-reactive ketones (excluding diaryl/α,β-unsaturated/α-hetero) is 4. The Hall–Kier alpha value is -2.92. The molecule has 15 N–H and O–H groups in total. The van der Waals surface area contributed by atoms with E-state index in [9.17, 15) is 83.9 Å². The molecule has 3 aliphatic heterocycles. The van der Waals surface area contributed by atoms with Crippen LogP contribution in [-0.4, -0.2) is 292 Å². The molecule has 15 atom stereocenters. The van der Waals surface area contributed by atoms with Crippen LogP contribution in [0.25, 0.3) is 0 Å². The van der Waals surface area contributed by atoms with Gasteiger partial charge >= 0.3 is 15.6 Å². The van der Waals surface area contributed by atoms with Crippen LogP contribution >= 0.6 is 15.6 Å². The molecule has 3 fully saturated rings. The van der Waals surface area contributed by atoms with E-state index in [0.717, 1.165) is 0 Å². The summed E-state index contributed by atoms with van der Waals surface area (Å²) >= 11 is 0. The Bertz CT molecular complexity index is 2260. The zero-order valence-corrected chi connectivity index (χ0v) is 58.0. The molecule has 3 saturated heterocycles. The monoisotopic (exact) mass is 1460 g/mol. The minimum Gasteiger partial charge on any atom is -0.387 e. The van der Waals surface area contributed by atoms with E-state index in [-0.39, 0.29) is 152 Å². The standard InChI is InChI=1S/C61H110N2O33P2/c1-61(39-88-33-25-48(69)63-27-15-26-62-47(68)22-11-14-30-91-58-55(76)52(73)49(70)44(94-58)34-85-2,37-86-31-23-42(66)18-7-3-5-16-40(64)20-9-12-28-89-59-56(77)53(74)50(71)45(95-59)35-92-97(79,80)81)38-87-32-24-43(67)19-8-4-6-17-41(65)21-10-13-29-90-60-57(78)54(75)51(72)46(96-60)36-93-98(82,83)84/h44-46,49-60,70-78H,3-39H2,1-2H3,(H,62,68)(H,63,69)(H2,79,80,81)(H2,82,83,84). The summed E-state index contributed by atoms with van der Waals surface area (Å²) in [5.74, 6) is -0.505. The summed E-state index contributed by atoms with van der Waals surface area (Å²) in [6.45, 7) is 1.69. The molecule has 0 spiro atoms. The SMILES string of the molecule is COCC1OC(OCCCCC(=O)NCCCNC(=O)CCOCC(C)(COCCC(=O)CCCCCC(=O)CCCCOC2OC(COP(=O)(O)O)C(O)C(O)C2O)COCCC(=O)CCCCCC(=O)CCCCOC2OC(COP(=O)(O)O)C(O)C(O)C2O)C(O)C(O)C1O. The van der Waals surface area contributed by atoms with Gasteiger partial charge in [-0.05, 0) is 70.6 Å². The number of phosphoric ester groups is 2. The van der Waals surface area contributed by atoms with Crippen LogP contribution in [0.1, 0.15) is 155 Å². The third kappa shape index (κ3) is 38.0. The molecule has 2 amide bonds. The van der Waals surface area contributed by atoms with Crippen LogP contribution in [0.2, 0.25) is 0 Å². The highest BCUT2D eigenvalue weighted by Gasteiger charge is 2.47. The van der Waals surface area contributed by atoms with Crippen LogP contribution in [0.3, 0.4) is 0 Å². The topological polar surface area (TPSA) is 534 Å². The van der Waals surface area contributed by atoms with E-state index in [1.54, 1.807) is 0 Å². The molecule has 0 saturated carbocycles. The third-order valence-electron chi connectivity index (χ3n) is 16.2. The van der Waals surface area contributed by atoms with E-state index >= 15 is 0 Å². The Kier molecular flexibility index (Phi) is 44.6. The number of carbonyl (C=O) groups is 6. The quantitative estimate of drug-likeness (QED) is 0.0253. The fourth-order valence-corrected chi connectivity index (χ4v) is 11.1. The second kappa shape index (κ2) is 48.9. The maximum absolute atomic E-state index is 12.8. The van der Waals surface area contributed by atoms with Gasteiger partial charge in [0.15, 0.2) is 18.9 Å². The van der Waals surface area contributed by atoms with Gasteiger partial charge in [-0.2, -0.15) is 0 Å². The summed E-state index contributed by atoms with van der Waals surface area (Å²) in [4.78, 5) is 111. The van der Waals surface area contributed by atoms with Gasteiger partial charge in [0.2, 0.25) is 11.8 Å². The average Bonchev–Trinajstić information content (AvgIpc) is 0.832. The molecule has 0 bridgehead atoms. The molecule has 0 aromatic heterocycles. The highest BCUT2D eigenvalue weighted by molar-refractivity contribution is 7.46. The molecule has 3 rings (SSSR count). The maximum Gasteiger partial charge on any atom is 0.469 e. The molecule has 37 heteroatoms. The predicted molar refractivity (Wildman–Crippen MR) is 339 cm³/mol. The Morgan fingerprint density at radius 1 is 0.367 bits per heavy atom. The number of amides is 2. The van der Waals surface area contributed by atoms with Crippen molar-refractivity contribution in [2.24, 2.45) is 5.41 Å². The minimum atomic E-state index is -4.90. The minimum absolute atomic E-state index is 0.00992. The summed E-state index contributed by atoms with van der Waals surface area (Å²) in [5, 5.41) is 96.9. The molecule has 0 radical (unpaired) electrons. The number of ether oxygens (including phenoxy) is 10. The van der Waals surface area contributed by atoms with Gasteiger partial charge in [0.1, 0.15) is 96.4 Å². The first kappa shape index (κ1) is 89.3. The first-order chi connectivity index (χ1) is 46.4. The van der Waals surface area contributed by atoms with Crippen LogP contribution < -0.4 is 10.6 Å². The van der Waals surface area contributed by atoms with Crippen molar-refractivity contribution in [3.63, 3.8) is 0 Å². The van der Waals surface area contributed by atoms with Crippen molar-refractivity contribution in [2.75, 3.05) is 99.5 Å². The Labute approximate surface area is 570 Å². The van der Waals surface area contributed by atoms with Crippen molar-refractivity contribution in [2.45, 2.75) is 247 Å². The first-order valence-corrected chi connectivity index (χ1v) is 36.7. The number of unbranched alkanes of at least 4 members (excludes halogenated alkanes) is 7. The van der Waals surface area contributed by atoms with E-state index in [2.05, 4.69) is 19.7 Å². The number of ketones is 4. The van der Waals surface area contributed by atoms with Crippen molar-refractivity contribution in [1.82, 2.24) is 10.6 Å². The Morgan fingerprint density at radius 3 is 1.00 bits per heavy atom. The molecule has 0 aromatic carbocycles. The second-order valence-electron chi connectivity index (χ2n) is 25.1. The third-order valence-corrected chi connectivity index (χ3v) is 17.2. The van der Waals surface area contributed by atoms with Gasteiger partial charge in [-0.1, -0.05) is 19.8 Å². The Morgan fingerprint density at radius 2 is 0.663 bits per heavy atom. The summed E-state index contributed by atoms with van der Waals surface area (Å²) in [5.41, 5.74) is -0.754. The first-order valence-electron chi connectivity index (χ1n) is 33.6. The summed E-state index contributed by atoms with van der Waals surface area (Å²) < 4.78 is 86.3. The van der Waals surface area contributed by atoms with Gasteiger partial charge in [-0.3, -0.25) is 37.8 Å². The van der Waals surface area contributed by atoms with Crippen LogP contribution in [0.5, 0.6) is 0 Å². The number of aliphatic hydroxyl groups is 9. The summed E-state index contributed by atoms with van der Waals surface area (Å²) in [6.07, 6.45) is -13.3. The van der Waals surface area contributed by atoms with E-state index in [4.69, 9.17) is 66.9 Å². The van der Waals surface area contributed by atoms with Crippen molar-refractivity contribution >= 4 is 50.6 Å². The highest BCUT2D eigenvalue weighted by atomic mass is 31.2. The fourth-order valence-electron chi connectivity index (χ4n) is 10.4. The number of aliphatic hydroxyl groups excluding tert-OH is 9. The summed E-state index contributed by atoms with van der Waals surface area (Å²) in [7, 11) is -8.39. The number of hydrogen-bond acceptors (Lipinski definition) is 29. The van der Waals surface area contributed by atoms with Crippen molar-refractivity contribution in [3.05, 3.63) is 0 Å². The molecular weight excluding hydrogens is 1350 g/mol. The molecule has 3 heterocycles. The fraction of sp³-hybridized carbons (Fsp3) is 0.902. The zero-order chi connectivity index (χ0) is 72.7. The van der Waals surface area contributed by atoms with Gasteiger partial charge < -0.3 is 124 Å². The van der Waals surface area contributed by atoms with Crippen LogP contribution in [0.15, 0.2) is 0 Å². The van der Waals surface area contributed by atoms with Crippen LogP contribution in [-0.2, 0) is 94.3 Å². The number of methoxy groups -OCH3 is 1. The number of phosphoric acid groups is 2. The lowest BCUT2D eigenvalue weighted by Gasteiger charge is -2.40. The molecule has 0 aliphatic carbocycles. The highest BCUT2D eigenvalue weighted by Crippen LogP contribution is 2.38. The van der Waals surface area contributed by atoms with Crippen LogP contribution in [0.4, 0.5) is 0 Å². The van der Waals surface area contributed by atoms with Gasteiger partial charge in [0, 0.05) is 110 Å². The molecular formula is C61H110N2O33P2. The van der Waals surface area contributed by atoms with Crippen molar-refractivity contribution < 1.29 is 160 Å². The van der Waals surface area contributed by atoms with E-state index in [1.807, 2.05) is 6.92 Å². The maximum atomic E-state index is 12.8. The molecule has 98 heavy (non-hydrogen) atoms. The smallest absolute Gasteiger partial charge is 0.387 e. The number of hydrogen-bond donors (Lipinski definition) is 15. The van der Waals surface area contributed by atoms with Crippen molar-refractivity contribution in [3.8, 4) is 0 Å². The lowest BCUT2D eigenvalue weighted by atomic mass is 9.94. The molecule has 0 aromatic rings. The lowest BCUT2D eigenvalue weighted by Crippen LogP contribution is -2.59. The largest absolute Gasteiger partial charge is 0.469 e. The predicted octanol–water partition coefficient (Wildman–Crippen LogP) is -1.14. The Balaban J connectivity index is 1.32. The van der Waals surface area contributed by atoms with Gasteiger partial charge in [0.05, 0.1) is 59.5 Å². The molecule has 3 aliphatic rings.